The molecule has 82 valence electrons. The van der Waals surface area contributed by atoms with Crippen molar-refractivity contribution in [2.45, 2.75) is 12.8 Å². The van der Waals surface area contributed by atoms with Crippen molar-refractivity contribution < 1.29 is 13.2 Å². The molecule has 4 heteroatoms. The SMILES string of the molecule is NC[C@@H]1C[C@H]1Cc1cc(F)c(F)cc1F. The predicted molar refractivity (Wildman–Crippen MR) is 50.7 cm³/mol. The Kier molecular flexibility index (Phi) is 2.69. The summed E-state index contributed by atoms with van der Waals surface area (Å²) in [6, 6.07) is 1.54. The summed E-state index contributed by atoms with van der Waals surface area (Å²) in [5.74, 6) is -2.05. The number of rotatable bonds is 3. The summed E-state index contributed by atoms with van der Waals surface area (Å²) in [6.45, 7) is 0.579. The molecule has 2 rings (SSSR count). The van der Waals surface area contributed by atoms with E-state index >= 15 is 0 Å². The van der Waals surface area contributed by atoms with Crippen molar-refractivity contribution in [3.05, 3.63) is 35.1 Å². The van der Waals surface area contributed by atoms with Crippen LogP contribution in [0.25, 0.3) is 0 Å². The van der Waals surface area contributed by atoms with Crippen LogP contribution >= 0.6 is 0 Å². The van der Waals surface area contributed by atoms with Gasteiger partial charge in [-0.15, -0.1) is 0 Å². The van der Waals surface area contributed by atoms with Gasteiger partial charge in [-0.25, -0.2) is 13.2 Å². The van der Waals surface area contributed by atoms with Crippen molar-refractivity contribution in [1.82, 2.24) is 0 Å². The average Bonchev–Trinajstić information content (AvgIpc) is 2.93. The highest BCUT2D eigenvalue weighted by atomic mass is 19.2. The van der Waals surface area contributed by atoms with E-state index < -0.39 is 17.5 Å². The third-order valence-electron chi connectivity index (χ3n) is 2.94. The van der Waals surface area contributed by atoms with Crippen LogP contribution in [0.3, 0.4) is 0 Å². The monoisotopic (exact) mass is 215 g/mol. The summed E-state index contributed by atoms with van der Waals surface area (Å²) in [6.07, 6.45) is 1.40. The van der Waals surface area contributed by atoms with Crippen molar-refractivity contribution in [3.63, 3.8) is 0 Å². The number of nitrogens with two attached hydrogens (primary N) is 1. The Morgan fingerprint density at radius 3 is 2.33 bits per heavy atom. The van der Waals surface area contributed by atoms with Gasteiger partial charge in [-0.2, -0.15) is 0 Å². The van der Waals surface area contributed by atoms with E-state index in [0.29, 0.717) is 30.9 Å². The van der Waals surface area contributed by atoms with Crippen LogP contribution in [-0.4, -0.2) is 6.54 Å². The van der Waals surface area contributed by atoms with E-state index in [1.807, 2.05) is 0 Å². The maximum Gasteiger partial charge on any atom is 0.161 e. The van der Waals surface area contributed by atoms with Crippen LogP contribution in [0.1, 0.15) is 12.0 Å². The van der Waals surface area contributed by atoms with Gasteiger partial charge in [-0.1, -0.05) is 0 Å². The molecule has 1 aliphatic rings. The minimum atomic E-state index is -1.14. The second-order valence-electron chi connectivity index (χ2n) is 4.05. The Bertz CT molecular complexity index is 378. The number of hydrogen-bond acceptors (Lipinski definition) is 1. The van der Waals surface area contributed by atoms with Gasteiger partial charge in [-0.3, -0.25) is 0 Å². The van der Waals surface area contributed by atoms with Crippen molar-refractivity contribution in [2.75, 3.05) is 6.54 Å². The zero-order chi connectivity index (χ0) is 11.0. The van der Waals surface area contributed by atoms with Gasteiger partial charge in [0.15, 0.2) is 11.6 Å². The average molecular weight is 215 g/mol. The number of hydrogen-bond donors (Lipinski definition) is 1. The standard InChI is InChI=1S/C11H12F3N/c12-9-4-11(14)10(13)3-7(9)1-6-2-8(6)5-15/h3-4,6,8H,1-2,5,15H2/t6-,8+/m1/s1. The Labute approximate surface area is 86.1 Å². The predicted octanol–water partition coefficient (Wildman–Crippen LogP) is 2.24. The molecule has 1 fully saturated rings. The zero-order valence-electron chi connectivity index (χ0n) is 8.14. The highest BCUT2D eigenvalue weighted by Crippen LogP contribution is 2.40. The van der Waals surface area contributed by atoms with E-state index in [0.717, 1.165) is 12.5 Å². The quantitative estimate of drug-likeness (QED) is 0.769. The largest absolute Gasteiger partial charge is 0.330 e. The maximum atomic E-state index is 13.2. The molecule has 1 aliphatic carbocycles. The highest BCUT2D eigenvalue weighted by Gasteiger charge is 2.36. The molecule has 2 N–H and O–H groups in total. The van der Waals surface area contributed by atoms with Crippen LogP contribution in [0.5, 0.6) is 0 Å². The third-order valence-corrected chi connectivity index (χ3v) is 2.94. The molecule has 1 saturated carbocycles. The first-order valence-corrected chi connectivity index (χ1v) is 4.95. The topological polar surface area (TPSA) is 26.0 Å². The summed E-state index contributed by atoms with van der Waals surface area (Å²) in [5.41, 5.74) is 5.69. The van der Waals surface area contributed by atoms with Gasteiger partial charge < -0.3 is 5.73 Å². The lowest BCUT2D eigenvalue weighted by molar-refractivity contribution is 0.487. The molecule has 2 atom stereocenters. The van der Waals surface area contributed by atoms with Gasteiger partial charge in [0.1, 0.15) is 5.82 Å². The molecule has 0 bridgehead atoms. The first kappa shape index (κ1) is 10.5. The maximum absolute atomic E-state index is 13.2. The van der Waals surface area contributed by atoms with Crippen molar-refractivity contribution in [1.29, 1.82) is 0 Å². The molecule has 0 aliphatic heterocycles. The molecule has 15 heavy (non-hydrogen) atoms. The van der Waals surface area contributed by atoms with Crippen LogP contribution in [0.4, 0.5) is 13.2 Å². The van der Waals surface area contributed by atoms with Crippen LogP contribution in [0.15, 0.2) is 12.1 Å². The molecule has 0 amide bonds. The zero-order valence-corrected chi connectivity index (χ0v) is 8.14. The first-order chi connectivity index (χ1) is 7.11. The lowest BCUT2D eigenvalue weighted by atomic mass is 10.1. The van der Waals surface area contributed by atoms with Gasteiger partial charge in [-0.05, 0) is 42.9 Å². The molecule has 0 saturated heterocycles. The summed E-state index contributed by atoms with van der Waals surface area (Å²) in [4.78, 5) is 0. The fourth-order valence-electron chi connectivity index (χ4n) is 1.85. The molecular formula is C11H12F3N. The fraction of sp³-hybridized carbons (Fsp3) is 0.455. The van der Waals surface area contributed by atoms with E-state index in [4.69, 9.17) is 5.73 Å². The summed E-state index contributed by atoms with van der Waals surface area (Å²) >= 11 is 0. The third kappa shape index (κ3) is 2.15. The lowest BCUT2D eigenvalue weighted by Crippen LogP contribution is -2.04. The second-order valence-corrected chi connectivity index (χ2v) is 4.05. The molecule has 0 radical (unpaired) electrons. The normalized spacial score (nSPS) is 24.3. The van der Waals surface area contributed by atoms with Gasteiger partial charge >= 0.3 is 0 Å². The molecule has 1 aromatic rings. The van der Waals surface area contributed by atoms with Crippen LogP contribution in [-0.2, 0) is 6.42 Å². The van der Waals surface area contributed by atoms with E-state index in [-0.39, 0.29) is 5.56 Å². The first-order valence-electron chi connectivity index (χ1n) is 4.95. The molecule has 0 spiro atoms. The van der Waals surface area contributed by atoms with Gasteiger partial charge in [0.25, 0.3) is 0 Å². The second kappa shape index (κ2) is 3.85. The van der Waals surface area contributed by atoms with Crippen molar-refractivity contribution in [3.8, 4) is 0 Å². The molecular weight excluding hydrogens is 203 g/mol. The Hall–Kier alpha value is -1.03. The number of halogens is 3. The summed E-state index contributed by atoms with van der Waals surface area (Å²) in [7, 11) is 0. The van der Waals surface area contributed by atoms with E-state index in [9.17, 15) is 13.2 Å². The van der Waals surface area contributed by atoms with E-state index in [2.05, 4.69) is 0 Å². The lowest BCUT2D eigenvalue weighted by Gasteiger charge is -2.03. The Balaban J connectivity index is 2.12. The van der Waals surface area contributed by atoms with E-state index in [1.54, 1.807) is 0 Å². The van der Waals surface area contributed by atoms with Crippen LogP contribution < -0.4 is 5.73 Å². The van der Waals surface area contributed by atoms with Crippen LogP contribution in [0, 0.1) is 29.3 Å². The summed E-state index contributed by atoms with van der Waals surface area (Å²) in [5, 5.41) is 0. The highest BCUT2D eigenvalue weighted by molar-refractivity contribution is 5.21. The minimum absolute atomic E-state index is 0.245. The molecule has 0 heterocycles. The number of benzene rings is 1. The van der Waals surface area contributed by atoms with E-state index in [1.165, 1.54) is 0 Å². The summed E-state index contributed by atoms with van der Waals surface area (Å²) < 4.78 is 38.7. The molecule has 0 unspecified atom stereocenters. The van der Waals surface area contributed by atoms with Gasteiger partial charge in [0, 0.05) is 6.07 Å². The fourth-order valence-corrected chi connectivity index (χ4v) is 1.85. The van der Waals surface area contributed by atoms with Gasteiger partial charge in [0.05, 0.1) is 0 Å². The van der Waals surface area contributed by atoms with Gasteiger partial charge in [0.2, 0.25) is 0 Å². The Morgan fingerprint density at radius 2 is 1.73 bits per heavy atom. The molecule has 1 nitrogen and oxygen atoms in total. The van der Waals surface area contributed by atoms with Crippen molar-refractivity contribution >= 4 is 0 Å². The molecule has 1 aromatic carbocycles. The van der Waals surface area contributed by atoms with Crippen molar-refractivity contribution in [2.24, 2.45) is 17.6 Å². The molecule has 0 aromatic heterocycles. The minimum Gasteiger partial charge on any atom is -0.330 e. The Morgan fingerprint density at radius 1 is 1.07 bits per heavy atom. The van der Waals surface area contributed by atoms with Crippen LogP contribution in [0.2, 0.25) is 0 Å². The smallest absolute Gasteiger partial charge is 0.161 e.